The van der Waals surface area contributed by atoms with Crippen molar-refractivity contribution in [2.24, 2.45) is 0 Å². The summed E-state index contributed by atoms with van der Waals surface area (Å²) >= 11 is 0. The van der Waals surface area contributed by atoms with Gasteiger partial charge < -0.3 is 10.2 Å². The SMILES string of the molecule is O=C(NCc1ccccc1)C1=C(C(=O)N2CCCC2)CCC1. The van der Waals surface area contributed by atoms with Crippen LogP contribution in [0.25, 0.3) is 0 Å². The second-order valence-corrected chi connectivity index (χ2v) is 5.98. The Balaban J connectivity index is 1.66. The summed E-state index contributed by atoms with van der Waals surface area (Å²) < 4.78 is 0. The van der Waals surface area contributed by atoms with Gasteiger partial charge in [0.05, 0.1) is 0 Å². The molecule has 3 rings (SSSR count). The van der Waals surface area contributed by atoms with Crippen LogP contribution in [0.3, 0.4) is 0 Å². The van der Waals surface area contributed by atoms with E-state index in [0.717, 1.165) is 56.3 Å². The van der Waals surface area contributed by atoms with Gasteiger partial charge in [-0.2, -0.15) is 0 Å². The molecule has 4 heteroatoms. The fraction of sp³-hybridized carbons (Fsp3) is 0.444. The van der Waals surface area contributed by atoms with Crippen molar-refractivity contribution in [1.82, 2.24) is 10.2 Å². The molecule has 0 bridgehead atoms. The van der Waals surface area contributed by atoms with Crippen LogP contribution in [0.15, 0.2) is 41.5 Å². The van der Waals surface area contributed by atoms with Crippen LogP contribution < -0.4 is 5.32 Å². The van der Waals surface area contributed by atoms with Crippen molar-refractivity contribution >= 4 is 11.8 Å². The summed E-state index contributed by atoms with van der Waals surface area (Å²) in [6.45, 7) is 2.18. The molecule has 0 saturated carbocycles. The minimum Gasteiger partial charge on any atom is -0.348 e. The molecular formula is C18H22N2O2. The Morgan fingerprint density at radius 1 is 0.955 bits per heavy atom. The van der Waals surface area contributed by atoms with Crippen LogP contribution in [0.2, 0.25) is 0 Å². The molecule has 4 nitrogen and oxygen atoms in total. The fourth-order valence-corrected chi connectivity index (χ4v) is 3.23. The number of hydrogen-bond acceptors (Lipinski definition) is 2. The Morgan fingerprint density at radius 3 is 2.36 bits per heavy atom. The van der Waals surface area contributed by atoms with Crippen molar-refractivity contribution in [3.63, 3.8) is 0 Å². The zero-order valence-electron chi connectivity index (χ0n) is 12.8. The largest absolute Gasteiger partial charge is 0.348 e. The molecule has 1 fully saturated rings. The number of carbonyl (C=O) groups is 2. The van der Waals surface area contributed by atoms with Gasteiger partial charge in [0.25, 0.3) is 0 Å². The molecule has 0 radical (unpaired) electrons. The van der Waals surface area contributed by atoms with Gasteiger partial charge in [-0.05, 0) is 37.7 Å². The first-order valence-electron chi connectivity index (χ1n) is 8.09. The molecule has 1 saturated heterocycles. The number of amides is 2. The average Bonchev–Trinajstić information content (AvgIpc) is 3.24. The summed E-state index contributed by atoms with van der Waals surface area (Å²) in [5.41, 5.74) is 2.52. The predicted molar refractivity (Wildman–Crippen MR) is 85.0 cm³/mol. The first-order valence-corrected chi connectivity index (χ1v) is 8.09. The number of nitrogens with zero attached hydrogens (tertiary/aromatic N) is 1. The molecule has 1 aliphatic carbocycles. The van der Waals surface area contributed by atoms with E-state index in [2.05, 4.69) is 5.32 Å². The van der Waals surface area contributed by atoms with E-state index in [4.69, 9.17) is 0 Å². The second kappa shape index (κ2) is 6.77. The summed E-state index contributed by atoms with van der Waals surface area (Å²) in [6, 6.07) is 9.84. The molecule has 0 spiro atoms. The lowest BCUT2D eigenvalue weighted by molar-refractivity contribution is -0.126. The maximum Gasteiger partial charge on any atom is 0.250 e. The van der Waals surface area contributed by atoms with E-state index in [1.807, 2.05) is 35.2 Å². The van der Waals surface area contributed by atoms with Crippen LogP contribution in [-0.4, -0.2) is 29.8 Å². The van der Waals surface area contributed by atoms with Crippen LogP contribution >= 0.6 is 0 Å². The molecule has 0 aromatic heterocycles. The van der Waals surface area contributed by atoms with E-state index in [-0.39, 0.29) is 11.8 Å². The summed E-state index contributed by atoms with van der Waals surface area (Å²) in [6.07, 6.45) is 4.52. The number of rotatable bonds is 4. The van der Waals surface area contributed by atoms with Crippen LogP contribution in [-0.2, 0) is 16.1 Å². The summed E-state index contributed by atoms with van der Waals surface area (Å²) in [5.74, 6) is 0.00348. The van der Waals surface area contributed by atoms with E-state index in [9.17, 15) is 9.59 Å². The topological polar surface area (TPSA) is 49.4 Å². The lowest BCUT2D eigenvalue weighted by Gasteiger charge is -2.17. The third-order valence-electron chi connectivity index (χ3n) is 4.44. The van der Waals surface area contributed by atoms with E-state index in [0.29, 0.717) is 12.1 Å². The maximum atomic E-state index is 12.5. The summed E-state index contributed by atoms with van der Waals surface area (Å²) in [4.78, 5) is 26.8. The Hall–Kier alpha value is -2.10. The molecule has 2 aliphatic rings. The first-order chi connectivity index (χ1) is 10.8. The highest BCUT2D eigenvalue weighted by Gasteiger charge is 2.29. The molecule has 1 heterocycles. The predicted octanol–water partition coefficient (Wildman–Crippen LogP) is 2.41. The standard InChI is InChI=1S/C18H22N2O2/c21-17(19-13-14-7-2-1-3-8-14)15-9-6-10-16(15)18(22)20-11-4-5-12-20/h1-3,7-8H,4-6,9-13H2,(H,19,21). The highest BCUT2D eigenvalue weighted by atomic mass is 16.2. The van der Waals surface area contributed by atoms with Crippen molar-refractivity contribution in [3.8, 4) is 0 Å². The molecule has 0 atom stereocenters. The zero-order valence-corrected chi connectivity index (χ0v) is 12.8. The molecule has 1 aromatic rings. The zero-order chi connectivity index (χ0) is 15.4. The molecule has 0 unspecified atom stereocenters. The number of benzene rings is 1. The third-order valence-corrected chi connectivity index (χ3v) is 4.44. The van der Waals surface area contributed by atoms with Crippen molar-refractivity contribution in [3.05, 3.63) is 47.0 Å². The van der Waals surface area contributed by atoms with Gasteiger partial charge in [0.15, 0.2) is 0 Å². The van der Waals surface area contributed by atoms with Gasteiger partial charge in [-0.25, -0.2) is 0 Å². The van der Waals surface area contributed by atoms with Crippen LogP contribution in [0, 0.1) is 0 Å². The van der Waals surface area contributed by atoms with Gasteiger partial charge in [0, 0.05) is 30.8 Å². The van der Waals surface area contributed by atoms with E-state index in [1.165, 1.54) is 0 Å². The normalized spacial score (nSPS) is 17.9. The van der Waals surface area contributed by atoms with Gasteiger partial charge in [0.1, 0.15) is 0 Å². The summed E-state index contributed by atoms with van der Waals surface area (Å²) in [5, 5.41) is 2.95. The van der Waals surface area contributed by atoms with E-state index in [1.54, 1.807) is 0 Å². The lowest BCUT2D eigenvalue weighted by atomic mass is 10.1. The molecule has 1 aliphatic heterocycles. The van der Waals surface area contributed by atoms with Crippen LogP contribution in [0.4, 0.5) is 0 Å². The average molecular weight is 298 g/mol. The van der Waals surface area contributed by atoms with Crippen molar-refractivity contribution in [2.75, 3.05) is 13.1 Å². The third kappa shape index (κ3) is 3.21. The van der Waals surface area contributed by atoms with Crippen molar-refractivity contribution in [1.29, 1.82) is 0 Å². The highest BCUT2D eigenvalue weighted by Crippen LogP contribution is 2.28. The van der Waals surface area contributed by atoms with Crippen molar-refractivity contribution in [2.45, 2.75) is 38.6 Å². The smallest absolute Gasteiger partial charge is 0.250 e. The van der Waals surface area contributed by atoms with Crippen LogP contribution in [0.5, 0.6) is 0 Å². The van der Waals surface area contributed by atoms with Gasteiger partial charge in [-0.1, -0.05) is 30.3 Å². The number of likely N-dealkylation sites (tertiary alicyclic amines) is 1. The molecule has 1 N–H and O–H groups in total. The number of carbonyl (C=O) groups excluding carboxylic acids is 2. The monoisotopic (exact) mass is 298 g/mol. The first kappa shape index (κ1) is 14.8. The van der Waals surface area contributed by atoms with E-state index >= 15 is 0 Å². The Kier molecular flexibility index (Phi) is 4.56. The van der Waals surface area contributed by atoms with Gasteiger partial charge in [0.2, 0.25) is 11.8 Å². The fourth-order valence-electron chi connectivity index (χ4n) is 3.23. The number of hydrogen-bond donors (Lipinski definition) is 1. The Morgan fingerprint density at radius 2 is 1.64 bits per heavy atom. The molecule has 22 heavy (non-hydrogen) atoms. The lowest BCUT2D eigenvalue weighted by Crippen LogP contribution is -2.31. The quantitative estimate of drug-likeness (QED) is 0.928. The molecule has 116 valence electrons. The Bertz CT molecular complexity index is 586. The minimum atomic E-state index is -0.0797. The van der Waals surface area contributed by atoms with Crippen molar-refractivity contribution < 1.29 is 9.59 Å². The van der Waals surface area contributed by atoms with Crippen LogP contribution in [0.1, 0.15) is 37.7 Å². The minimum absolute atomic E-state index is 0.0797. The van der Waals surface area contributed by atoms with Gasteiger partial charge in [-0.3, -0.25) is 9.59 Å². The molecule has 2 amide bonds. The summed E-state index contributed by atoms with van der Waals surface area (Å²) in [7, 11) is 0. The molecule has 1 aromatic carbocycles. The van der Waals surface area contributed by atoms with Gasteiger partial charge in [-0.15, -0.1) is 0 Å². The second-order valence-electron chi connectivity index (χ2n) is 5.98. The van der Waals surface area contributed by atoms with E-state index < -0.39 is 0 Å². The molecular weight excluding hydrogens is 276 g/mol. The Labute approximate surface area is 131 Å². The number of nitrogens with one attached hydrogen (secondary N) is 1. The van der Waals surface area contributed by atoms with Gasteiger partial charge >= 0.3 is 0 Å². The maximum absolute atomic E-state index is 12.5. The highest BCUT2D eigenvalue weighted by molar-refractivity contribution is 6.05.